The number of ether oxygens (including phenoxy) is 3. The lowest BCUT2D eigenvalue weighted by atomic mass is 9.93. The molecule has 2 N–H and O–H groups in total. The third-order valence-electron chi connectivity index (χ3n) is 4.38. The Labute approximate surface area is 169 Å². The molecule has 2 aromatic heterocycles. The van der Waals surface area contributed by atoms with Gasteiger partial charge in [-0.1, -0.05) is 6.58 Å². The molecule has 0 saturated carbocycles. The number of nitrogens with two attached hydrogens (primary N) is 1. The predicted molar refractivity (Wildman–Crippen MR) is 105 cm³/mol. The smallest absolute Gasteiger partial charge is 0.303 e. The molecule has 144 valence electrons. The van der Waals surface area contributed by atoms with Crippen LogP contribution in [0.25, 0.3) is 11.0 Å². The van der Waals surface area contributed by atoms with E-state index in [4.69, 9.17) is 19.9 Å². The summed E-state index contributed by atoms with van der Waals surface area (Å²) >= 11 is 2.01. The first-order valence-electron chi connectivity index (χ1n) is 8.08. The van der Waals surface area contributed by atoms with Gasteiger partial charge in [-0.05, 0) is 35.6 Å². The molecule has 0 unspecified atom stereocenters. The first-order chi connectivity index (χ1) is 12.6. The van der Waals surface area contributed by atoms with Gasteiger partial charge in [-0.15, -0.1) is 0 Å². The molecule has 1 aliphatic heterocycles. The van der Waals surface area contributed by atoms with Crippen molar-refractivity contribution >= 4 is 51.4 Å². The Morgan fingerprint density at radius 3 is 2.67 bits per heavy atom. The molecule has 10 heteroatoms. The molecule has 27 heavy (non-hydrogen) atoms. The highest BCUT2D eigenvalue weighted by Gasteiger charge is 2.60. The Morgan fingerprint density at radius 2 is 2.07 bits per heavy atom. The molecule has 0 radical (unpaired) electrons. The van der Waals surface area contributed by atoms with Crippen LogP contribution in [-0.4, -0.2) is 44.3 Å². The third kappa shape index (κ3) is 3.38. The Bertz CT molecular complexity index is 929. The molecule has 4 atom stereocenters. The van der Waals surface area contributed by atoms with Gasteiger partial charge in [0.05, 0.1) is 5.39 Å². The Kier molecular flexibility index (Phi) is 5.12. The highest BCUT2D eigenvalue weighted by atomic mass is 127. The SMILES string of the molecule is C=C(I)[C@H]1O[C@@H](n2ccc3c(N)ncnc32)[C@H](OC(C)=O)[C@]1(C)OC(C)=O. The summed E-state index contributed by atoms with van der Waals surface area (Å²) in [6, 6.07) is 1.74. The maximum Gasteiger partial charge on any atom is 0.303 e. The van der Waals surface area contributed by atoms with Crippen LogP contribution in [-0.2, 0) is 23.8 Å². The number of hydrogen-bond donors (Lipinski definition) is 1. The van der Waals surface area contributed by atoms with Gasteiger partial charge in [0.15, 0.2) is 17.9 Å². The molecular weight excluding hydrogens is 467 g/mol. The topological polar surface area (TPSA) is 119 Å². The van der Waals surface area contributed by atoms with Crippen LogP contribution in [0.15, 0.2) is 28.7 Å². The summed E-state index contributed by atoms with van der Waals surface area (Å²) in [5.74, 6) is -0.735. The molecule has 3 heterocycles. The van der Waals surface area contributed by atoms with E-state index in [9.17, 15) is 9.59 Å². The summed E-state index contributed by atoms with van der Waals surface area (Å²) in [6.45, 7) is 8.15. The average Bonchev–Trinajstić information content (AvgIpc) is 3.08. The fourth-order valence-corrected chi connectivity index (χ4v) is 4.11. The Balaban J connectivity index is 2.15. The zero-order valence-corrected chi connectivity index (χ0v) is 17.2. The Hall–Kier alpha value is -2.21. The van der Waals surface area contributed by atoms with Crippen molar-refractivity contribution in [2.24, 2.45) is 0 Å². The summed E-state index contributed by atoms with van der Waals surface area (Å²) in [4.78, 5) is 31.8. The number of halogens is 1. The van der Waals surface area contributed by atoms with E-state index in [2.05, 4.69) is 16.5 Å². The van der Waals surface area contributed by atoms with E-state index in [0.29, 0.717) is 20.4 Å². The van der Waals surface area contributed by atoms with Crippen molar-refractivity contribution in [1.82, 2.24) is 14.5 Å². The highest BCUT2D eigenvalue weighted by Crippen LogP contribution is 2.46. The number of anilines is 1. The fourth-order valence-electron chi connectivity index (χ4n) is 3.35. The number of nitrogen functional groups attached to an aromatic ring is 1. The van der Waals surface area contributed by atoms with Crippen molar-refractivity contribution in [3.8, 4) is 0 Å². The van der Waals surface area contributed by atoms with Gasteiger partial charge in [0.25, 0.3) is 0 Å². The number of carbonyl (C=O) groups is 2. The van der Waals surface area contributed by atoms with Gasteiger partial charge in [0, 0.05) is 23.6 Å². The number of esters is 2. The van der Waals surface area contributed by atoms with Crippen LogP contribution in [0.2, 0.25) is 0 Å². The normalized spacial score (nSPS) is 27.5. The van der Waals surface area contributed by atoms with Crippen molar-refractivity contribution in [3.63, 3.8) is 0 Å². The van der Waals surface area contributed by atoms with E-state index in [1.807, 2.05) is 22.6 Å². The van der Waals surface area contributed by atoms with Crippen LogP contribution in [0.5, 0.6) is 0 Å². The predicted octanol–water partition coefficient (Wildman–Crippen LogP) is 2.11. The van der Waals surface area contributed by atoms with Crippen LogP contribution < -0.4 is 5.73 Å². The van der Waals surface area contributed by atoms with Gasteiger partial charge in [0.2, 0.25) is 0 Å². The highest BCUT2D eigenvalue weighted by molar-refractivity contribution is 14.1. The van der Waals surface area contributed by atoms with Crippen molar-refractivity contribution in [3.05, 3.63) is 28.7 Å². The van der Waals surface area contributed by atoms with Crippen LogP contribution in [0.4, 0.5) is 5.82 Å². The monoisotopic (exact) mass is 486 g/mol. The van der Waals surface area contributed by atoms with E-state index < -0.39 is 36.0 Å². The summed E-state index contributed by atoms with van der Waals surface area (Å²) in [7, 11) is 0. The van der Waals surface area contributed by atoms with Gasteiger partial charge in [-0.2, -0.15) is 0 Å². The van der Waals surface area contributed by atoms with Gasteiger partial charge in [0.1, 0.15) is 23.9 Å². The molecule has 9 nitrogen and oxygen atoms in total. The first kappa shape index (κ1) is 19.5. The number of nitrogens with zero attached hydrogens (tertiary/aromatic N) is 3. The Morgan fingerprint density at radius 1 is 1.37 bits per heavy atom. The van der Waals surface area contributed by atoms with E-state index in [1.54, 1.807) is 23.8 Å². The fraction of sp³-hybridized carbons (Fsp3) is 0.412. The summed E-state index contributed by atoms with van der Waals surface area (Å²) < 4.78 is 19.5. The van der Waals surface area contributed by atoms with Crippen LogP contribution in [0.1, 0.15) is 27.0 Å². The van der Waals surface area contributed by atoms with Crippen LogP contribution in [0.3, 0.4) is 0 Å². The summed E-state index contributed by atoms with van der Waals surface area (Å²) in [5, 5.41) is 0.633. The summed E-state index contributed by atoms with van der Waals surface area (Å²) in [6.07, 6.45) is 0.615. The summed E-state index contributed by atoms with van der Waals surface area (Å²) in [5.41, 5.74) is 5.14. The first-order valence-corrected chi connectivity index (χ1v) is 9.16. The number of carbonyl (C=O) groups excluding carboxylic acids is 2. The largest absolute Gasteiger partial charge is 0.453 e. The standard InChI is InChI=1S/C17H19IN4O5/c1-8(18)12-17(4,27-10(3)24)13(25-9(2)23)16(26-12)22-6-5-11-14(19)20-7-21-15(11)22/h5-7,12-13,16H,1H2,2-4H3,(H2,19,20,21)/t12-,13+,16-,17-/m1/s1. The zero-order chi connectivity index (χ0) is 19.9. The van der Waals surface area contributed by atoms with Crippen LogP contribution >= 0.6 is 22.6 Å². The van der Waals surface area contributed by atoms with E-state index in [-0.39, 0.29) is 0 Å². The molecule has 1 saturated heterocycles. The number of aromatic nitrogens is 3. The van der Waals surface area contributed by atoms with E-state index in [0.717, 1.165) is 0 Å². The molecule has 1 aliphatic rings. The second-order valence-electron chi connectivity index (χ2n) is 6.38. The van der Waals surface area contributed by atoms with Gasteiger partial charge >= 0.3 is 11.9 Å². The van der Waals surface area contributed by atoms with Crippen molar-refractivity contribution in [1.29, 1.82) is 0 Å². The molecule has 0 amide bonds. The minimum absolute atomic E-state index is 0.318. The van der Waals surface area contributed by atoms with Crippen molar-refractivity contribution < 1.29 is 23.8 Å². The van der Waals surface area contributed by atoms with Gasteiger partial charge < -0.3 is 24.5 Å². The van der Waals surface area contributed by atoms with Crippen LogP contribution in [0, 0.1) is 0 Å². The second kappa shape index (κ2) is 7.08. The molecule has 0 aliphatic carbocycles. The molecule has 0 aromatic carbocycles. The number of rotatable bonds is 4. The second-order valence-corrected chi connectivity index (χ2v) is 7.77. The average molecular weight is 486 g/mol. The maximum absolute atomic E-state index is 11.8. The zero-order valence-electron chi connectivity index (χ0n) is 15.0. The molecule has 0 spiro atoms. The van der Waals surface area contributed by atoms with Crippen molar-refractivity contribution in [2.45, 2.75) is 44.8 Å². The number of hydrogen-bond acceptors (Lipinski definition) is 8. The minimum atomic E-state index is -1.27. The van der Waals surface area contributed by atoms with Gasteiger partial charge in [-0.25, -0.2) is 9.97 Å². The third-order valence-corrected chi connectivity index (χ3v) is 4.94. The molecule has 0 bridgehead atoms. The molecular formula is C17H19IN4O5. The molecule has 1 fully saturated rings. The van der Waals surface area contributed by atoms with E-state index >= 15 is 0 Å². The minimum Gasteiger partial charge on any atom is -0.453 e. The quantitative estimate of drug-likeness (QED) is 0.516. The maximum atomic E-state index is 11.8. The lowest BCUT2D eigenvalue weighted by molar-refractivity contribution is -0.179. The lowest BCUT2D eigenvalue weighted by Crippen LogP contribution is -2.50. The van der Waals surface area contributed by atoms with Crippen molar-refractivity contribution in [2.75, 3.05) is 5.73 Å². The van der Waals surface area contributed by atoms with Gasteiger partial charge in [-0.3, -0.25) is 9.59 Å². The molecule has 2 aromatic rings. The number of fused-ring (bicyclic) bond motifs is 1. The lowest BCUT2D eigenvalue weighted by Gasteiger charge is -2.33. The van der Waals surface area contributed by atoms with E-state index in [1.165, 1.54) is 20.2 Å². The molecule has 3 rings (SSSR count).